The van der Waals surface area contributed by atoms with Gasteiger partial charge in [0.05, 0.1) is 0 Å². The Morgan fingerprint density at radius 3 is 0.911 bits per heavy atom. The van der Waals surface area contributed by atoms with Crippen molar-refractivity contribution in [3.05, 3.63) is 164 Å². The number of aromatic hydroxyl groups is 4. The van der Waals surface area contributed by atoms with Crippen molar-refractivity contribution in [3.63, 3.8) is 0 Å². The first-order chi connectivity index (χ1) is 26.2. The van der Waals surface area contributed by atoms with Gasteiger partial charge in [0.2, 0.25) is 0 Å². The molecule has 56 heavy (non-hydrogen) atoms. The number of benzene rings is 7. The SMILES string of the molecule is Cc1cc(C(C)(C)c2ccc(C(C)(C)c3cc(C)c(O)c(C)c3)cc2)cc(C)c1O.Cc1cc2cc(-c3ccc4c(C)c(O)c(C)cc4c3)ccc2c(C)c1O. The van der Waals surface area contributed by atoms with Crippen LogP contribution in [0.25, 0.3) is 32.7 Å². The molecule has 0 aliphatic heterocycles. The molecule has 288 valence electrons. The standard InChI is InChI=1S/C28H34O2.C24H22O2/c1-17-13-23(14-18(2)25(17)29)27(5,6)21-9-11-22(12-10-21)28(7,8)24-15-19(3)26(30)20(4)16-24;1-13-9-19-11-17(5-7-21(19)15(3)23(13)25)18-6-8-22-16(4)24(26)14(2)10-20(22)12-18/h9-16,29-30H,1-8H3;5-12,25-26H,1-4H3. The third-order valence-corrected chi connectivity index (χ3v) is 12.2. The average Bonchev–Trinajstić information content (AvgIpc) is 3.16. The molecule has 0 aromatic heterocycles. The maximum Gasteiger partial charge on any atom is 0.122 e. The Hall–Kier alpha value is -5.74. The van der Waals surface area contributed by atoms with E-state index in [0.717, 1.165) is 77.2 Å². The van der Waals surface area contributed by atoms with Crippen LogP contribution in [0.5, 0.6) is 23.0 Å². The summed E-state index contributed by atoms with van der Waals surface area (Å²) in [6.45, 7) is 24.5. The Kier molecular flexibility index (Phi) is 10.5. The lowest BCUT2D eigenvalue weighted by molar-refractivity contribution is 0.465. The maximum absolute atomic E-state index is 10.2. The minimum absolute atomic E-state index is 0.169. The number of aryl methyl sites for hydroxylation is 8. The summed E-state index contributed by atoms with van der Waals surface area (Å²) >= 11 is 0. The highest BCUT2D eigenvalue weighted by Gasteiger charge is 2.28. The second-order valence-corrected chi connectivity index (χ2v) is 17.0. The summed E-state index contributed by atoms with van der Waals surface area (Å²) in [5.74, 6) is 1.51. The van der Waals surface area contributed by atoms with Crippen molar-refractivity contribution in [1.29, 1.82) is 0 Å². The fourth-order valence-corrected chi connectivity index (χ4v) is 8.13. The normalized spacial score (nSPS) is 11.9. The molecule has 0 saturated heterocycles. The highest BCUT2D eigenvalue weighted by molar-refractivity contribution is 5.95. The molecule has 0 aliphatic rings. The van der Waals surface area contributed by atoms with Crippen molar-refractivity contribution >= 4 is 21.5 Å². The van der Waals surface area contributed by atoms with Gasteiger partial charge >= 0.3 is 0 Å². The van der Waals surface area contributed by atoms with E-state index in [4.69, 9.17) is 0 Å². The van der Waals surface area contributed by atoms with Crippen LogP contribution in [0.3, 0.4) is 0 Å². The molecule has 0 aliphatic carbocycles. The number of phenolic OH excluding ortho intramolecular Hbond substituents is 4. The highest BCUT2D eigenvalue weighted by atomic mass is 16.3. The molecule has 0 radical (unpaired) electrons. The number of fused-ring (bicyclic) bond motifs is 2. The molecule has 0 heterocycles. The first-order valence-corrected chi connectivity index (χ1v) is 19.4. The fourth-order valence-electron chi connectivity index (χ4n) is 8.13. The van der Waals surface area contributed by atoms with Crippen LogP contribution < -0.4 is 0 Å². The molecule has 7 aromatic rings. The summed E-state index contributed by atoms with van der Waals surface area (Å²) in [4.78, 5) is 0. The lowest BCUT2D eigenvalue weighted by Crippen LogP contribution is -2.22. The van der Waals surface area contributed by atoms with Gasteiger partial charge < -0.3 is 20.4 Å². The van der Waals surface area contributed by atoms with Crippen molar-refractivity contribution < 1.29 is 20.4 Å². The summed E-state index contributed by atoms with van der Waals surface area (Å²) in [5.41, 5.74) is 14.1. The number of rotatable bonds is 5. The zero-order valence-corrected chi connectivity index (χ0v) is 35.0. The Morgan fingerprint density at radius 2 is 0.607 bits per heavy atom. The van der Waals surface area contributed by atoms with Crippen LogP contribution in [-0.4, -0.2) is 20.4 Å². The molecule has 4 N–H and O–H groups in total. The molecule has 0 atom stereocenters. The summed E-state index contributed by atoms with van der Waals surface area (Å²) in [6, 6.07) is 34.0. The van der Waals surface area contributed by atoms with Crippen molar-refractivity contribution in [1.82, 2.24) is 0 Å². The molecule has 7 rings (SSSR count). The van der Waals surface area contributed by atoms with Crippen molar-refractivity contribution in [2.45, 2.75) is 93.9 Å². The fraction of sp³-hybridized carbons (Fsp3) is 0.269. The Bertz CT molecular complexity index is 2410. The third-order valence-electron chi connectivity index (χ3n) is 12.2. The van der Waals surface area contributed by atoms with Gasteiger partial charge in [0.15, 0.2) is 0 Å². The Morgan fingerprint density at radius 1 is 0.321 bits per heavy atom. The highest BCUT2D eigenvalue weighted by Crippen LogP contribution is 2.40. The lowest BCUT2D eigenvalue weighted by atomic mass is 9.74. The minimum Gasteiger partial charge on any atom is -0.507 e. The van der Waals surface area contributed by atoms with Gasteiger partial charge in [0, 0.05) is 10.8 Å². The van der Waals surface area contributed by atoms with Crippen LogP contribution >= 0.6 is 0 Å². The van der Waals surface area contributed by atoms with E-state index in [-0.39, 0.29) is 10.8 Å². The van der Waals surface area contributed by atoms with Crippen LogP contribution in [0.2, 0.25) is 0 Å². The molecule has 0 spiro atoms. The zero-order valence-electron chi connectivity index (χ0n) is 35.0. The topological polar surface area (TPSA) is 80.9 Å². The molecule has 0 amide bonds. The van der Waals surface area contributed by atoms with Crippen LogP contribution in [-0.2, 0) is 10.8 Å². The predicted octanol–water partition coefficient (Wildman–Crippen LogP) is 13.3. The zero-order chi connectivity index (χ0) is 41.0. The molecule has 4 heteroatoms. The smallest absolute Gasteiger partial charge is 0.122 e. The van der Waals surface area contributed by atoms with E-state index in [1.807, 2.05) is 67.5 Å². The van der Waals surface area contributed by atoms with E-state index in [0.29, 0.717) is 23.0 Å². The summed E-state index contributed by atoms with van der Waals surface area (Å²) in [5, 5.41) is 45.0. The van der Waals surface area contributed by atoms with Crippen LogP contribution in [0.4, 0.5) is 0 Å². The number of hydrogen-bond acceptors (Lipinski definition) is 4. The first kappa shape index (κ1) is 39.9. The van der Waals surface area contributed by atoms with Crippen molar-refractivity contribution in [2.75, 3.05) is 0 Å². The van der Waals surface area contributed by atoms with Crippen LogP contribution in [0, 0.1) is 55.4 Å². The molecule has 0 fully saturated rings. The van der Waals surface area contributed by atoms with E-state index < -0.39 is 0 Å². The molecular formula is C52H56O4. The van der Waals surface area contributed by atoms with Crippen LogP contribution in [0.15, 0.2) is 97.1 Å². The minimum atomic E-state index is -0.169. The Balaban J connectivity index is 0.000000191. The second-order valence-electron chi connectivity index (χ2n) is 17.0. The average molecular weight is 745 g/mol. The molecule has 4 nitrogen and oxygen atoms in total. The summed E-state index contributed by atoms with van der Waals surface area (Å²) < 4.78 is 0. The van der Waals surface area contributed by atoms with Gasteiger partial charge in [-0.25, -0.2) is 0 Å². The maximum atomic E-state index is 10.2. The van der Waals surface area contributed by atoms with Gasteiger partial charge in [0.25, 0.3) is 0 Å². The van der Waals surface area contributed by atoms with E-state index in [9.17, 15) is 20.4 Å². The molecule has 7 aromatic carbocycles. The van der Waals surface area contributed by atoms with E-state index >= 15 is 0 Å². The predicted molar refractivity (Wildman–Crippen MR) is 235 cm³/mol. The van der Waals surface area contributed by atoms with E-state index in [2.05, 4.69) is 113 Å². The third kappa shape index (κ3) is 7.21. The monoisotopic (exact) mass is 744 g/mol. The van der Waals surface area contributed by atoms with Gasteiger partial charge in [-0.15, -0.1) is 0 Å². The van der Waals surface area contributed by atoms with E-state index in [1.54, 1.807) is 0 Å². The van der Waals surface area contributed by atoms with Crippen LogP contribution in [0.1, 0.15) is 94.5 Å². The number of hydrogen-bond donors (Lipinski definition) is 4. The molecule has 0 bridgehead atoms. The number of phenols is 4. The second kappa shape index (κ2) is 14.7. The quantitative estimate of drug-likeness (QED) is 0.141. The van der Waals surface area contributed by atoms with Gasteiger partial charge in [-0.3, -0.25) is 0 Å². The van der Waals surface area contributed by atoms with Gasteiger partial charge in [0.1, 0.15) is 23.0 Å². The molecule has 0 saturated carbocycles. The van der Waals surface area contributed by atoms with Gasteiger partial charge in [-0.05, 0) is 179 Å². The summed E-state index contributed by atoms with van der Waals surface area (Å²) in [6.07, 6.45) is 0. The molecule has 0 unspecified atom stereocenters. The first-order valence-electron chi connectivity index (χ1n) is 19.4. The largest absolute Gasteiger partial charge is 0.507 e. The van der Waals surface area contributed by atoms with Crippen molar-refractivity contribution in [3.8, 4) is 34.1 Å². The Labute approximate surface area is 332 Å². The summed E-state index contributed by atoms with van der Waals surface area (Å²) in [7, 11) is 0. The van der Waals surface area contributed by atoms with Gasteiger partial charge in [-0.2, -0.15) is 0 Å². The lowest BCUT2D eigenvalue weighted by Gasteiger charge is -2.30. The van der Waals surface area contributed by atoms with E-state index in [1.165, 1.54) is 22.3 Å². The van der Waals surface area contributed by atoms with Gasteiger partial charge in [-0.1, -0.05) is 100 Å². The van der Waals surface area contributed by atoms with Crippen molar-refractivity contribution in [2.24, 2.45) is 0 Å². The molecular weight excluding hydrogens is 689 g/mol.